The first kappa shape index (κ1) is 18.5. The standard InChI is InChI=1S/C21H23N5O/c1-15-18(21(27)26(3)16(2)20-9-11-23-14-25-20)7-4-8-19(15)24-13-17-6-5-10-22-12-17/h4-12,14,16,24H,13H2,1-3H3/t16-/m0/s1. The Balaban J connectivity index is 1.77. The van der Waals surface area contributed by atoms with Gasteiger partial charge >= 0.3 is 0 Å². The zero-order valence-electron chi connectivity index (χ0n) is 15.8. The number of amides is 1. The molecule has 1 N–H and O–H groups in total. The van der Waals surface area contributed by atoms with Crippen molar-refractivity contribution in [2.24, 2.45) is 0 Å². The van der Waals surface area contributed by atoms with Crippen LogP contribution in [0.3, 0.4) is 0 Å². The second kappa shape index (κ2) is 8.40. The van der Waals surface area contributed by atoms with Gasteiger partial charge in [0.15, 0.2) is 0 Å². The van der Waals surface area contributed by atoms with Crippen LogP contribution in [0.4, 0.5) is 5.69 Å². The van der Waals surface area contributed by atoms with E-state index in [1.807, 2.05) is 56.4 Å². The molecule has 1 atom stereocenters. The van der Waals surface area contributed by atoms with Gasteiger partial charge in [0, 0.05) is 43.4 Å². The first-order chi connectivity index (χ1) is 13.1. The SMILES string of the molecule is Cc1c(NCc2cccnc2)cccc1C(=O)N(C)[C@@H](C)c1ccncn1. The molecule has 3 rings (SSSR count). The second-order valence-electron chi connectivity index (χ2n) is 6.42. The van der Waals surface area contributed by atoms with Crippen LogP contribution in [0.25, 0.3) is 0 Å². The third-order valence-corrected chi connectivity index (χ3v) is 4.70. The van der Waals surface area contributed by atoms with Crippen LogP contribution in [0.2, 0.25) is 0 Å². The van der Waals surface area contributed by atoms with Crippen LogP contribution in [0.15, 0.2) is 61.3 Å². The molecule has 0 radical (unpaired) electrons. The number of rotatable bonds is 6. The van der Waals surface area contributed by atoms with Crippen molar-refractivity contribution in [2.45, 2.75) is 26.4 Å². The molecule has 6 heteroatoms. The Morgan fingerprint density at radius 2 is 2.00 bits per heavy atom. The Morgan fingerprint density at radius 1 is 1.15 bits per heavy atom. The molecule has 6 nitrogen and oxygen atoms in total. The highest BCUT2D eigenvalue weighted by molar-refractivity contribution is 5.97. The number of anilines is 1. The summed E-state index contributed by atoms with van der Waals surface area (Å²) in [7, 11) is 1.80. The van der Waals surface area contributed by atoms with Gasteiger partial charge in [-0.25, -0.2) is 9.97 Å². The maximum atomic E-state index is 13.1. The molecular formula is C21H23N5O. The first-order valence-corrected chi connectivity index (χ1v) is 8.83. The highest BCUT2D eigenvalue weighted by Gasteiger charge is 2.21. The van der Waals surface area contributed by atoms with Crippen LogP contribution in [-0.4, -0.2) is 32.8 Å². The zero-order valence-corrected chi connectivity index (χ0v) is 15.8. The molecule has 0 bridgehead atoms. The van der Waals surface area contributed by atoms with Crippen molar-refractivity contribution < 1.29 is 4.79 Å². The van der Waals surface area contributed by atoms with E-state index in [1.54, 1.807) is 24.3 Å². The Labute approximate surface area is 159 Å². The van der Waals surface area contributed by atoms with E-state index in [9.17, 15) is 4.79 Å². The summed E-state index contributed by atoms with van der Waals surface area (Å²) >= 11 is 0. The Bertz CT molecular complexity index is 899. The van der Waals surface area contributed by atoms with E-state index in [0.29, 0.717) is 12.1 Å². The maximum Gasteiger partial charge on any atom is 0.254 e. The lowest BCUT2D eigenvalue weighted by atomic mass is 10.0. The van der Waals surface area contributed by atoms with Crippen molar-refractivity contribution >= 4 is 11.6 Å². The minimum Gasteiger partial charge on any atom is -0.381 e. The molecular weight excluding hydrogens is 338 g/mol. The number of nitrogens with zero attached hydrogens (tertiary/aromatic N) is 4. The summed E-state index contributed by atoms with van der Waals surface area (Å²) in [5.74, 6) is -0.0383. The van der Waals surface area contributed by atoms with Gasteiger partial charge < -0.3 is 10.2 Å². The molecule has 2 aromatic heterocycles. The smallest absolute Gasteiger partial charge is 0.254 e. The van der Waals surface area contributed by atoms with Crippen molar-refractivity contribution in [3.8, 4) is 0 Å². The number of benzene rings is 1. The number of pyridine rings is 1. The van der Waals surface area contributed by atoms with Gasteiger partial charge in [0.05, 0.1) is 11.7 Å². The average Bonchev–Trinajstić information content (AvgIpc) is 2.73. The van der Waals surface area contributed by atoms with Crippen LogP contribution in [-0.2, 0) is 6.54 Å². The van der Waals surface area contributed by atoms with Gasteiger partial charge in [-0.1, -0.05) is 12.1 Å². The number of hydrogen-bond donors (Lipinski definition) is 1. The van der Waals surface area contributed by atoms with E-state index in [0.717, 1.165) is 22.5 Å². The highest BCUT2D eigenvalue weighted by atomic mass is 16.2. The summed E-state index contributed by atoms with van der Waals surface area (Å²) in [6, 6.07) is 11.3. The number of carbonyl (C=O) groups is 1. The van der Waals surface area contributed by atoms with E-state index in [1.165, 1.54) is 6.33 Å². The molecule has 0 spiro atoms. The minimum absolute atomic E-state index is 0.0383. The van der Waals surface area contributed by atoms with Crippen LogP contribution < -0.4 is 5.32 Å². The van der Waals surface area contributed by atoms with Gasteiger partial charge in [-0.05, 0) is 49.2 Å². The number of aromatic nitrogens is 3. The molecule has 2 heterocycles. The van der Waals surface area contributed by atoms with E-state index < -0.39 is 0 Å². The summed E-state index contributed by atoms with van der Waals surface area (Å²) in [5.41, 5.74) is 4.43. The van der Waals surface area contributed by atoms with Gasteiger partial charge in [-0.15, -0.1) is 0 Å². The largest absolute Gasteiger partial charge is 0.381 e. The minimum atomic E-state index is -0.146. The van der Waals surface area contributed by atoms with Crippen LogP contribution in [0.1, 0.15) is 40.1 Å². The van der Waals surface area contributed by atoms with E-state index in [2.05, 4.69) is 20.3 Å². The van der Waals surface area contributed by atoms with Crippen molar-refractivity contribution in [1.29, 1.82) is 0 Å². The van der Waals surface area contributed by atoms with Crippen LogP contribution in [0, 0.1) is 6.92 Å². The fourth-order valence-electron chi connectivity index (χ4n) is 2.87. The lowest BCUT2D eigenvalue weighted by Gasteiger charge is -2.25. The van der Waals surface area contributed by atoms with E-state index >= 15 is 0 Å². The van der Waals surface area contributed by atoms with Crippen molar-refractivity contribution in [3.05, 3.63) is 83.7 Å². The molecule has 0 saturated carbocycles. The normalized spacial score (nSPS) is 11.7. The Hall–Kier alpha value is -3.28. The molecule has 27 heavy (non-hydrogen) atoms. The third kappa shape index (κ3) is 4.28. The molecule has 0 aliphatic heterocycles. The summed E-state index contributed by atoms with van der Waals surface area (Å²) < 4.78 is 0. The third-order valence-electron chi connectivity index (χ3n) is 4.70. The number of carbonyl (C=O) groups excluding carboxylic acids is 1. The quantitative estimate of drug-likeness (QED) is 0.726. The predicted octanol–water partition coefficient (Wildman–Crippen LogP) is 3.63. The highest BCUT2D eigenvalue weighted by Crippen LogP contribution is 2.24. The van der Waals surface area contributed by atoms with Crippen LogP contribution in [0.5, 0.6) is 0 Å². The number of nitrogens with one attached hydrogen (secondary N) is 1. The lowest BCUT2D eigenvalue weighted by molar-refractivity contribution is 0.0739. The summed E-state index contributed by atoms with van der Waals surface area (Å²) in [4.78, 5) is 27.1. The topological polar surface area (TPSA) is 71.0 Å². The fourth-order valence-corrected chi connectivity index (χ4v) is 2.87. The molecule has 0 saturated heterocycles. The van der Waals surface area contributed by atoms with Crippen LogP contribution >= 0.6 is 0 Å². The van der Waals surface area contributed by atoms with Crippen molar-refractivity contribution in [1.82, 2.24) is 19.9 Å². The van der Waals surface area contributed by atoms with E-state index in [-0.39, 0.29) is 11.9 Å². The fraction of sp³-hybridized carbons (Fsp3) is 0.238. The van der Waals surface area contributed by atoms with Gasteiger partial charge in [-0.3, -0.25) is 9.78 Å². The Morgan fingerprint density at radius 3 is 2.70 bits per heavy atom. The summed E-state index contributed by atoms with van der Waals surface area (Å²) in [6.45, 7) is 4.57. The molecule has 1 aromatic carbocycles. The molecule has 0 aliphatic rings. The molecule has 0 fully saturated rings. The lowest BCUT2D eigenvalue weighted by Crippen LogP contribution is -2.30. The molecule has 0 unspecified atom stereocenters. The summed E-state index contributed by atoms with van der Waals surface area (Å²) in [6.07, 6.45) is 6.76. The first-order valence-electron chi connectivity index (χ1n) is 8.83. The molecule has 138 valence electrons. The number of hydrogen-bond acceptors (Lipinski definition) is 5. The Kier molecular flexibility index (Phi) is 5.76. The van der Waals surface area contributed by atoms with Gasteiger partial charge in [0.1, 0.15) is 6.33 Å². The van der Waals surface area contributed by atoms with Crippen molar-refractivity contribution in [3.63, 3.8) is 0 Å². The van der Waals surface area contributed by atoms with E-state index in [4.69, 9.17) is 0 Å². The van der Waals surface area contributed by atoms with Gasteiger partial charge in [0.2, 0.25) is 0 Å². The van der Waals surface area contributed by atoms with Crippen molar-refractivity contribution in [2.75, 3.05) is 12.4 Å². The zero-order chi connectivity index (χ0) is 19.2. The summed E-state index contributed by atoms with van der Waals surface area (Å²) in [5, 5.41) is 3.39. The average molecular weight is 361 g/mol. The maximum absolute atomic E-state index is 13.1. The molecule has 1 amide bonds. The molecule has 0 aliphatic carbocycles. The monoisotopic (exact) mass is 361 g/mol. The predicted molar refractivity (Wildman–Crippen MR) is 105 cm³/mol. The second-order valence-corrected chi connectivity index (χ2v) is 6.42. The van der Waals surface area contributed by atoms with Gasteiger partial charge in [-0.2, -0.15) is 0 Å². The molecule has 3 aromatic rings. The van der Waals surface area contributed by atoms with Gasteiger partial charge in [0.25, 0.3) is 5.91 Å².